The van der Waals surface area contributed by atoms with Crippen LogP contribution in [0.15, 0.2) is 96.2 Å². The molecule has 9 heteroatoms. The van der Waals surface area contributed by atoms with Crippen molar-refractivity contribution in [3.8, 4) is 5.75 Å². The lowest BCUT2D eigenvalue weighted by atomic mass is 10.0. The number of hydrogen-bond donors (Lipinski definition) is 2. The maximum atomic E-state index is 13.4. The Morgan fingerprint density at radius 2 is 1.73 bits per heavy atom. The minimum atomic E-state index is -4.04. The van der Waals surface area contributed by atoms with Gasteiger partial charge in [-0.15, -0.1) is 0 Å². The Bertz CT molecular complexity index is 1440. The first kappa shape index (κ1) is 26.3. The lowest BCUT2D eigenvalue weighted by Gasteiger charge is -2.21. The van der Waals surface area contributed by atoms with Crippen molar-refractivity contribution in [2.75, 3.05) is 32.8 Å². The number of nitrogens with zero attached hydrogens (tertiary/aromatic N) is 2. The second kappa shape index (κ2) is 12.4. The molecule has 0 atom stereocenters. The van der Waals surface area contributed by atoms with Gasteiger partial charge in [0.1, 0.15) is 18.9 Å². The summed E-state index contributed by atoms with van der Waals surface area (Å²) in [5, 5.41) is 13.7. The number of carboxylic acid groups (broad SMARTS) is 1. The summed E-state index contributed by atoms with van der Waals surface area (Å²) < 4.78 is 33.7. The molecule has 1 heterocycles. The van der Waals surface area contributed by atoms with Crippen molar-refractivity contribution < 1.29 is 23.1 Å². The Hall–Kier alpha value is -3.79. The minimum absolute atomic E-state index is 0.000693. The molecule has 0 fully saturated rings. The fraction of sp³-hybridized carbons (Fsp3) is 0.214. The molecule has 0 amide bonds. The maximum Gasteiger partial charge on any atom is 0.318 e. The van der Waals surface area contributed by atoms with Crippen LogP contribution in [0.3, 0.4) is 0 Å². The number of hydrogen-bond acceptors (Lipinski definition) is 6. The highest BCUT2D eigenvalue weighted by Crippen LogP contribution is 2.25. The quantitative estimate of drug-likeness (QED) is 0.260. The number of sulfonamides is 1. The monoisotopic (exact) mass is 519 g/mol. The number of rotatable bonds is 13. The van der Waals surface area contributed by atoms with Crippen LogP contribution in [-0.2, 0) is 21.2 Å². The molecule has 0 unspecified atom stereocenters. The molecular weight excluding hydrogens is 490 g/mol. The highest BCUT2D eigenvalue weighted by molar-refractivity contribution is 7.89. The van der Waals surface area contributed by atoms with Crippen molar-refractivity contribution in [3.05, 3.63) is 102 Å². The molecular formula is C28H29N3O5S. The van der Waals surface area contributed by atoms with E-state index in [2.05, 4.69) is 22.4 Å². The van der Waals surface area contributed by atoms with Gasteiger partial charge in [-0.1, -0.05) is 60.7 Å². The molecule has 0 bridgehead atoms. The first-order valence-corrected chi connectivity index (χ1v) is 13.4. The summed E-state index contributed by atoms with van der Waals surface area (Å²) in [5.41, 5.74) is 2.27. The zero-order valence-corrected chi connectivity index (χ0v) is 21.1. The lowest BCUT2D eigenvalue weighted by molar-refractivity contribution is -0.137. The van der Waals surface area contributed by atoms with E-state index in [0.29, 0.717) is 23.9 Å². The molecule has 2 N–H and O–H groups in total. The standard InChI is InChI=1S/C28H29N3O5S/c32-28(33)21-31(37(34,35)27-12-6-10-24-20-30-14-13-25(24)27)17-15-29-16-18-36-26-11-5-4-9-23(26)19-22-7-2-1-3-8-22/h1-14,20,29H,15-19,21H2,(H,32,33). The Labute approximate surface area is 216 Å². The molecule has 0 aliphatic carbocycles. The molecule has 0 spiro atoms. The van der Waals surface area contributed by atoms with E-state index < -0.39 is 22.5 Å². The summed E-state index contributed by atoms with van der Waals surface area (Å²) in [4.78, 5) is 15.5. The third kappa shape index (κ3) is 6.91. The summed E-state index contributed by atoms with van der Waals surface area (Å²) in [5.74, 6) is -0.419. The molecule has 0 radical (unpaired) electrons. The molecule has 4 aromatic rings. The molecule has 0 aliphatic heterocycles. The van der Waals surface area contributed by atoms with E-state index >= 15 is 0 Å². The van der Waals surface area contributed by atoms with Crippen LogP contribution >= 0.6 is 0 Å². The van der Waals surface area contributed by atoms with Crippen LogP contribution in [-0.4, -0.2) is 61.6 Å². The van der Waals surface area contributed by atoms with Gasteiger partial charge in [0, 0.05) is 49.2 Å². The molecule has 3 aromatic carbocycles. The number of aliphatic carboxylic acids is 1. The highest BCUT2D eigenvalue weighted by atomic mass is 32.2. The summed E-state index contributed by atoms with van der Waals surface area (Å²) in [7, 11) is -4.04. The first-order valence-electron chi connectivity index (χ1n) is 11.9. The van der Waals surface area contributed by atoms with E-state index in [0.717, 1.165) is 22.0 Å². The lowest BCUT2D eigenvalue weighted by Crippen LogP contribution is -2.40. The van der Waals surface area contributed by atoms with Gasteiger partial charge in [0.25, 0.3) is 0 Å². The SMILES string of the molecule is O=C(O)CN(CCNCCOc1ccccc1Cc1ccccc1)S(=O)(=O)c1cccc2cnccc12. The van der Waals surface area contributed by atoms with Gasteiger partial charge in [0.2, 0.25) is 10.0 Å². The van der Waals surface area contributed by atoms with Crippen LogP contribution in [0, 0.1) is 0 Å². The van der Waals surface area contributed by atoms with Crippen LogP contribution in [0.4, 0.5) is 0 Å². The molecule has 0 saturated carbocycles. The number of para-hydroxylation sites is 1. The summed E-state index contributed by atoms with van der Waals surface area (Å²) in [6.45, 7) is 0.498. The summed E-state index contributed by atoms with van der Waals surface area (Å²) in [6, 6.07) is 24.5. The number of carboxylic acids is 1. The molecule has 1 aromatic heterocycles. The van der Waals surface area contributed by atoms with E-state index in [-0.39, 0.29) is 18.0 Å². The number of carbonyl (C=O) groups is 1. The second-order valence-corrected chi connectivity index (χ2v) is 10.4. The number of aromatic nitrogens is 1. The van der Waals surface area contributed by atoms with Gasteiger partial charge in [0.15, 0.2) is 0 Å². The van der Waals surface area contributed by atoms with Crippen LogP contribution in [0.5, 0.6) is 5.75 Å². The zero-order valence-electron chi connectivity index (χ0n) is 20.3. The minimum Gasteiger partial charge on any atom is -0.492 e. The Kier molecular flexibility index (Phi) is 8.84. The van der Waals surface area contributed by atoms with Crippen LogP contribution in [0.2, 0.25) is 0 Å². The first-order chi connectivity index (χ1) is 17.9. The Morgan fingerprint density at radius 3 is 2.54 bits per heavy atom. The van der Waals surface area contributed by atoms with Crippen molar-refractivity contribution in [2.24, 2.45) is 0 Å². The number of nitrogens with one attached hydrogen (secondary N) is 1. The average molecular weight is 520 g/mol. The third-order valence-electron chi connectivity index (χ3n) is 5.85. The largest absolute Gasteiger partial charge is 0.492 e. The van der Waals surface area contributed by atoms with E-state index in [9.17, 15) is 18.3 Å². The number of ether oxygens (including phenoxy) is 1. The van der Waals surface area contributed by atoms with Crippen molar-refractivity contribution in [1.29, 1.82) is 0 Å². The summed E-state index contributed by atoms with van der Waals surface area (Å²) in [6.07, 6.45) is 3.86. The zero-order chi connectivity index (χ0) is 26.1. The van der Waals surface area contributed by atoms with Gasteiger partial charge < -0.3 is 15.2 Å². The van der Waals surface area contributed by atoms with Gasteiger partial charge in [-0.25, -0.2) is 8.42 Å². The van der Waals surface area contributed by atoms with Crippen LogP contribution < -0.4 is 10.1 Å². The van der Waals surface area contributed by atoms with Crippen molar-refractivity contribution in [1.82, 2.24) is 14.6 Å². The van der Waals surface area contributed by atoms with Crippen LogP contribution in [0.1, 0.15) is 11.1 Å². The Morgan fingerprint density at radius 1 is 0.946 bits per heavy atom. The molecule has 0 saturated heterocycles. The van der Waals surface area contributed by atoms with Crippen molar-refractivity contribution in [2.45, 2.75) is 11.3 Å². The van der Waals surface area contributed by atoms with Crippen LogP contribution in [0.25, 0.3) is 10.8 Å². The third-order valence-corrected chi connectivity index (χ3v) is 7.76. The van der Waals surface area contributed by atoms with Gasteiger partial charge >= 0.3 is 5.97 Å². The molecule has 192 valence electrons. The van der Waals surface area contributed by atoms with E-state index in [4.69, 9.17) is 4.74 Å². The predicted octanol–water partition coefficient (Wildman–Crippen LogP) is 3.57. The number of pyridine rings is 1. The van der Waals surface area contributed by atoms with Crippen molar-refractivity contribution in [3.63, 3.8) is 0 Å². The number of fused-ring (bicyclic) bond motifs is 1. The van der Waals surface area contributed by atoms with Gasteiger partial charge in [0.05, 0.1) is 4.90 Å². The fourth-order valence-electron chi connectivity index (χ4n) is 4.06. The van der Waals surface area contributed by atoms with Gasteiger partial charge in [-0.2, -0.15) is 4.31 Å². The van der Waals surface area contributed by atoms with E-state index in [1.807, 2.05) is 42.5 Å². The predicted molar refractivity (Wildman–Crippen MR) is 142 cm³/mol. The maximum absolute atomic E-state index is 13.4. The molecule has 8 nitrogen and oxygen atoms in total. The molecule has 37 heavy (non-hydrogen) atoms. The summed E-state index contributed by atoms with van der Waals surface area (Å²) >= 11 is 0. The smallest absolute Gasteiger partial charge is 0.318 e. The van der Waals surface area contributed by atoms with E-state index in [1.165, 1.54) is 17.8 Å². The Balaban J connectivity index is 1.34. The fourth-order valence-corrected chi connectivity index (χ4v) is 5.66. The molecule has 0 aliphatic rings. The highest BCUT2D eigenvalue weighted by Gasteiger charge is 2.27. The van der Waals surface area contributed by atoms with Crippen molar-refractivity contribution >= 4 is 26.8 Å². The normalized spacial score (nSPS) is 11.6. The molecule has 4 rings (SSSR count). The number of benzene rings is 3. The second-order valence-electron chi connectivity index (χ2n) is 8.45. The topological polar surface area (TPSA) is 109 Å². The van der Waals surface area contributed by atoms with Gasteiger partial charge in [-0.3, -0.25) is 9.78 Å². The van der Waals surface area contributed by atoms with Gasteiger partial charge in [-0.05, 0) is 29.3 Å². The van der Waals surface area contributed by atoms with E-state index in [1.54, 1.807) is 24.4 Å². The average Bonchev–Trinajstić information content (AvgIpc) is 2.90.